The van der Waals surface area contributed by atoms with E-state index in [2.05, 4.69) is 11.1 Å². The molecule has 0 saturated carbocycles. The van der Waals surface area contributed by atoms with Crippen molar-refractivity contribution in [2.24, 2.45) is 12.8 Å². The predicted molar refractivity (Wildman–Crippen MR) is 84.1 cm³/mol. The molecule has 0 aliphatic rings. The Morgan fingerprint density at radius 2 is 1.90 bits per heavy atom. The lowest BCUT2D eigenvalue weighted by Gasteiger charge is -2.04. The molecule has 0 amide bonds. The first kappa shape index (κ1) is 13.4. The second kappa shape index (κ2) is 5.09. The molecule has 20 heavy (non-hydrogen) atoms. The van der Waals surface area contributed by atoms with Gasteiger partial charge in [-0.3, -0.25) is 0 Å². The maximum absolute atomic E-state index is 6.08. The Labute approximate surface area is 126 Å². The highest BCUT2D eigenvalue weighted by atomic mass is 35.5. The third kappa shape index (κ3) is 2.18. The summed E-state index contributed by atoms with van der Waals surface area (Å²) in [4.78, 5) is 4.65. The first-order valence-corrected chi connectivity index (χ1v) is 6.96. The van der Waals surface area contributed by atoms with Crippen LogP contribution in [0.2, 0.25) is 10.0 Å². The zero-order valence-corrected chi connectivity index (χ0v) is 12.4. The van der Waals surface area contributed by atoms with Gasteiger partial charge in [-0.25, -0.2) is 4.98 Å². The Hall–Kier alpha value is -1.55. The number of fused-ring (bicyclic) bond motifs is 1. The zero-order valence-electron chi connectivity index (χ0n) is 10.9. The lowest BCUT2D eigenvalue weighted by Crippen LogP contribution is -1.97. The Bertz CT molecular complexity index is 793. The Balaban J connectivity index is 2.21. The monoisotopic (exact) mass is 305 g/mol. The van der Waals surface area contributed by atoms with Gasteiger partial charge in [0.1, 0.15) is 5.82 Å². The van der Waals surface area contributed by atoms with Crippen molar-refractivity contribution in [2.75, 3.05) is 0 Å². The van der Waals surface area contributed by atoms with E-state index in [1.807, 2.05) is 35.9 Å². The standard InChI is InChI=1S/C15H13Cl2N3/c1-20-14-6-9(8-18)2-5-13(14)19-15(20)10-3-4-11(16)12(17)7-10/h2-7H,8,18H2,1H3. The van der Waals surface area contributed by atoms with Crippen LogP contribution in [0.1, 0.15) is 5.56 Å². The summed E-state index contributed by atoms with van der Waals surface area (Å²) in [7, 11) is 1.98. The SMILES string of the molecule is Cn1c(-c2ccc(Cl)c(Cl)c2)nc2ccc(CN)cc21. The summed E-state index contributed by atoms with van der Waals surface area (Å²) >= 11 is 12.0. The van der Waals surface area contributed by atoms with Gasteiger partial charge < -0.3 is 10.3 Å². The molecule has 3 aromatic rings. The van der Waals surface area contributed by atoms with Crippen molar-refractivity contribution < 1.29 is 0 Å². The Kier molecular flexibility index (Phi) is 3.42. The van der Waals surface area contributed by atoms with E-state index in [9.17, 15) is 0 Å². The average Bonchev–Trinajstić information content (AvgIpc) is 2.79. The van der Waals surface area contributed by atoms with Crippen LogP contribution in [-0.4, -0.2) is 9.55 Å². The molecule has 1 aromatic heterocycles. The quantitative estimate of drug-likeness (QED) is 0.777. The Morgan fingerprint density at radius 1 is 1.10 bits per heavy atom. The van der Waals surface area contributed by atoms with Gasteiger partial charge in [0.25, 0.3) is 0 Å². The fraction of sp³-hybridized carbons (Fsp3) is 0.133. The highest BCUT2D eigenvalue weighted by Crippen LogP contribution is 2.29. The van der Waals surface area contributed by atoms with Gasteiger partial charge in [0.2, 0.25) is 0 Å². The topological polar surface area (TPSA) is 43.8 Å². The fourth-order valence-electron chi connectivity index (χ4n) is 2.26. The highest BCUT2D eigenvalue weighted by Gasteiger charge is 2.11. The summed E-state index contributed by atoms with van der Waals surface area (Å²) in [6, 6.07) is 11.6. The summed E-state index contributed by atoms with van der Waals surface area (Å²) in [5.41, 5.74) is 9.69. The molecule has 0 bridgehead atoms. The van der Waals surface area contributed by atoms with E-state index in [1.54, 1.807) is 6.07 Å². The van der Waals surface area contributed by atoms with Crippen molar-refractivity contribution in [1.29, 1.82) is 0 Å². The van der Waals surface area contributed by atoms with Crippen LogP contribution in [0.5, 0.6) is 0 Å². The number of aromatic nitrogens is 2. The molecule has 5 heteroatoms. The second-order valence-electron chi connectivity index (χ2n) is 4.65. The van der Waals surface area contributed by atoms with Gasteiger partial charge in [0.15, 0.2) is 0 Å². The molecule has 0 spiro atoms. The summed E-state index contributed by atoms with van der Waals surface area (Å²) in [6.07, 6.45) is 0. The van der Waals surface area contributed by atoms with Crippen LogP contribution in [0.4, 0.5) is 0 Å². The molecule has 3 nitrogen and oxygen atoms in total. The molecular weight excluding hydrogens is 293 g/mol. The molecule has 0 aliphatic heterocycles. The van der Waals surface area contributed by atoms with Gasteiger partial charge in [-0.15, -0.1) is 0 Å². The van der Waals surface area contributed by atoms with Gasteiger partial charge in [-0.2, -0.15) is 0 Å². The maximum atomic E-state index is 6.08. The van der Waals surface area contributed by atoms with Gasteiger partial charge >= 0.3 is 0 Å². The predicted octanol–water partition coefficient (Wildman–Crippen LogP) is 4.01. The number of aryl methyl sites for hydroxylation is 1. The van der Waals surface area contributed by atoms with E-state index in [4.69, 9.17) is 28.9 Å². The average molecular weight is 306 g/mol. The van der Waals surface area contributed by atoms with E-state index in [0.29, 0.717) is 16.6 Å². The Morgan fingerprint density at radius 3 is 2.60 bits per heavy atom. The third-order valence-electron chi connectivity index (χ3n) is 3.36. The summed E-state index contributed by atoms with van der Waals surface area (Å²) in [6.45, 7) is 0.517. The van der Waals surface area contributed by atoms with Crippen LogP contribution in [0, 0.1) is 0 Å². The van der Waals surface area contributed by atoms with Crippen LogP contribution in [0.15, 0.2) is 36.4 Å². The summed E-state index contributed by atoms with van der Waals surface area (Å²) in [5, 5.41) is 1.07. The molecule has 0 saturated heterocycles. The van der Waals surface area contributed by atoms with Gasteiger partial charge in [-0.1, -0.05) is 29.3 Å². The van der Waals surface area contributed by atoms with E-state index < -0.39 is 0 Å². The third-order valence-corrected chi connectivity index (χ3v) is 4.10. The normalized spacial score (nSPS) is 11.2. The van der Waals surface area contributed by atoms with Gasteiger partial charge in [-0.05, 0) is 35.9 Å². The molecule has 0 radical (unpaired) electrons. The molecule has 0 fully saturated rings. The van der Waals surface area contributed by atoms with Crippen LogP contribution >= 0.6 is 23.2 Å². The number of imidazole rings is 1. The van der Waals surface area contributed by atoms with Gasteiger partial charge in [0, 0.05) is 19.2 Å². The first-order valence-electron chi connectivity index (χ1n) is 6.21. The van der Waals surface area contributed by atoms with Crippen LogP contribution < -0.4 is 5.73 Å². The van der Waals surface area contributed by atoms with Crippen molar-refractivity contribution in [1.82, 2.24) is 9.55 Å². The van der Waals surface area contributed by atoms with Crippen molar-refractivity contribution in [3.63, 3.8) is 0 Å². The maximum Gasteiger partial charge on any atom is 0.140 e. The number of hydrogen-bond donors (Lipinski definition) is 1. The van der Waals surface area contributed by atoms with E-state index in [1.165, 1.54) is 0 Å². The molecule has 3 rings (SSSR count). The van der Waals surface area contributed by atoms with Crippen molar-refractivity contribution >= 4 is 34.2 Å². The summed E-state index contributed by atoms with van der Waals surface area (Å²) < 4.78 is 2.04. The van der Waals surface area contributed by atoms with Crippen LogP contribution in [-0.2, 0) is 13.6 Å². The summed E-state index contributed by atoms with van der Waals surface area (Å²) in [5.74, 6) is 0.854. The molecule has 0 unspecified atom stereocenters. The number of benzene rings is 2. The lowest BCUT2D eigenvalue weighted by molar-refractivity contribution is 0.956. The minimum absolute atomic E-state index is 0.517. The second-order valence-corrected chi connectivity index (χ2v) is 5.46. The number of hydrogen-bond acceptors (Lipinski definition) is 2. The van der Waals surface area contributed by atoms with Gasteiger partial charge in [0.05, 0.1) is 21.1 Å². The minimum Gasteiger partial charge on any atom is -0.327 e. The zero-order chi connectivity index (χ0) is 14.3. The fourth-order valence-corrected chi connectivity index (χ4v) is 2.55. The van der Waals surface area contributed by atoms with Crippen LogP contribution in [0.3, 0.4) is 0 Å². The number of rotatable bonds is 2. The highest BCUT2D eigenvalue weighted by molar-refractivity contribution is 6.42. The smallest absolute Gasteiger partial charge is 0.140 e. The number of nitrogens with two attached hydrogens (primary N) is 1. The molecule has 2 aromatic carbocycles. The first-order chi connectivity index (χ1) is 9.60. The van der Waals surface area contributed by atoms with E-state index in [0.717, 1.165) is 28.0 Å². The minimum atomic E-state index is 0.517. The van der Waals surface area contributed by atoms with Crippen molar-refractivity contribution in [3.8, 4) is 11.4 Å². The van der Waals surface area contributed by atoms with E-state index >= 15 is 0 Å². The molecule has 1 heterocycles. The molecule has 0 atom stereocenters. The van der Waals surface area contributed by atoms with Crippen LogP contribution in [0.25, 0.3) is 22.4 Å². The molecule has 102 valence electrons. The number of nitrogens with zero attached hydrogens (tertiary/aromatic N) is 2. The molecular formula is C15H13Cl2N3. The molecule has 0 aliphatic carbocycles. The molecule has 2 N–H and O–H groups in total. The van der Waals surface area contributed by atoms with E-state index in [-0.39, 0.29) is 0 Å². The number of halogens is 2. The largest absolute Gasteiger partial charge is 0.327 e. The van der Waals surface area contributed by atoms with Crippen molar-refractivity contribution in [2.45, 2.75) is 6.54 Å². The lowest BCUT2D eigenvalue weighted by atomic mass is 10.2. The van der Waals surface area contributed by atoms with Crippen molar-refractivity contribution in [3.05, 3.63) is 52.0 Å².